The molecule has 1 aromatic rings. The van der Waals surface area contributed by atoms with Gasteiger partial charge in [0.15, 0.2) is 0 Å². The molecule has 0 radical (unpaired) electrons. The SMILES string of the molecule is CCCC(C#N)=Nc1ccc(NC(=O)CCOCCOCCOCCOCCOCCC(=O)O)cc1C. The van der Waals surface area contributed by atoms with Gasteiger partial charge in [-0.1, -0.05) is 6.92 Å². The highest BCUT2D eigenvalue weighted by molar-refractivity contribution is 6.00. The van der Waals surface area contributed by atoms with Gasteiger partial charge in [-0.2, -0.15) is 5.26 Å². The van der Waals surface area contributed by atoms with Gasteiger partial charge in [0.1, 0.15) is 11.8 Å². The van der Waals surface area contributed by atoms with Crippen LogP contribution in [0.3, 0.4) is 0 Å². The number of nitrogens with one attached hydrogen (secondary N) is 1. The van der Waals surface area contributed by atoms with Crippen LogP contribution in [0.4, 0.5) is 11.4 Å². The summed E-state index contributed by atoms with van der Waals surface area (Å²) in [5, 5.41) is 20.5. The first-order valence-electron chi connectivity index (χ1n) is 12.4. The van der Waals surface area contributed by atoms with Crippen molar-refractivity contribution < 1.29 is 38.4 Å². The second-order valence-electron chi connectivity index (χ2n) is 7.93. The molecule has 37 heavy (non-hydrogen) atoms. The lowest BCUT2D eigenvalue weighted by Gasteiger charge is -2.09. The van der Waals surface area contributed by atoms with Gasteiger partial charge < -0.3 is 34.1 Å². The van der Waals surface area contributed by atoms with Crippen molar-refractivity contribution in [3.05, 3.63) is 23.8 Å². The maximum Gasteiger partial charge on any atom is 0.305 e. The third-order valence-electron chi connectivity index (χ3n) is 4.77. The monoisotopic (exact) mass is 521 g/mol. The summed E-state index contributed by atoms with van der Waals surface area (Å²) in [6.45, 7) is 7.59. The molecule has 2 N–H and O–H groups in total. The average molecular weight is 522 g/mol. The molecule has 0 spiro atoms. The number of benzene rings is 1. The lowest BCUT2D eigenvalue weighted by molar-refractivity contribution is -0.138. The van der Waals surface area contributed by atoms with Crippen LogP contribution >= 0.6 is 0 Å². The molecule has 0 fully saturated rings. The van der Waals surface area contributed by atoms with E-state index >= 15 is 0 Å². The summed E-state index contributed by atoms with van der Waals surface area (Å²) in [5.74, 6) is -1.03. The van der Waals surface area contributed by atoms with Crippen LogP contribution < -0.4 is 5.32 Å². The lowest BCUT2D eigenvalue weighted by atomic mass is 10.1. The van der Waals surface area contributed by atoms with Crippen molar-refractivity contribution in [3.8, 4) is 6.07 Å². The number of anilines is 1. The molecular formula is C26H39N3O8. The van der Waals surface area contributed by atoms with E-state index in [1.165, 1.54) is 0 Å². The van der Waals surface area contributed by atoms with Gasteiger partial charge in [0.05, 0.1) is 84.6 Å². The maximum absolute atomic E-state index is 12.1. The molecule has 0 saturated carbocycles. The summed E-state index contributed by atoms with van der Waals surface area (Å²) < 4.78 is 26.6. The molecule has 0 unspecified atom stereocenters. The number of carboxylic acid groups (broad SMARTS) is 1. The van der Waals surface area contributed by atoms with Crippen molar-refractivity contribution in [2.24, 2.45) is 4.99 Å². The number of aryl methyl sites for hydroxylation is 1. The number of carbonyl (C=O) groups excluding carboxylic acids is 1. The van der Waals surface area contributed by atoms with Crippen LogP contribution in [0.15, 0.2) is 23.2 Å². The van der Waals surface area contributed by atoms with Gasteiger partial charge in [-0.25, -0.2) is 4.99 Å². The number of hydrogen-bond acceptors (Lipinski definition) is 9. The minimum Gasteiger partial charge on any atom is -0.481 e. The Morgan fingerprint density at radius 3 is 1.84 bits per heavy atom. The topological polar surface area (TPSA) is 149 Å². The van der Waals surface area contributed by atoms with Crippen LogP contribution in [0.1, 0.15) is 38.2 Å². The van der Waals surface area contributed by atoms with Gasteiger partial charge in [-0.3, -0.25) is 9.59 Å². The Hall–Kier alpha value is -2.88. The fraction of sp³-hybridized carbons (Fsp3) is 0.615. The molecular weight excluding hydrogens is 482 g/mol. The molecule has 0 aromatic heterocycles. The van der Waals surface area contributed by atoms with Gasteiger partial charge in [-0.05, 0) is 43.5 Å². The molecule has 0 bridgehead atoms. The Kier molecular flexibility index (Phi) is 18.4. The summed E-state index contributed by atoms with van der Waals surface area (Å²) in [7, 11) is 0. The second kappa shape index (κ2) is 21.2. The fourth-order valence-corrected chi connectivity index (χ4v) is 2.91. The number of nitrogens with zero attached hydrogens (tertiary/aromatic N) is 2. The number of hydrogen-bond donors (Lipinski definition) is 2. The highest BCUT2D eigenvalue weighted by Crippen LogP contribution is 2.23. The minimum absolute atomic E-state index is 0.0130. The number of nitriles is 1. The quantitative estimate of drug-likeness (QED) is 0.173. The van der Waals surface area contributed by atoms with Gasteiger partial charge >= 0.3 is 5.97 Å². The highest BCUT2D eigenvalue weighted by atomic mass is 16.6. The smallest absolute Gasteiger partial charge is 0.305 e. The van der Waals surface area contributed by atoms with E-state index in [9.17, 15) is 9.59 Å². The molecule has 1 aromatic carbocycles. The van der Waals surface area contributed by atoms with Crippen molar-refractivity contribution in [1.29, 1.82) is 5.26 Å². The van der Waals surface area contributed by atoms with Crippen molar-refractivity contribution in [3.63, 3.8) is 0 Å². The van der Waals surface area contributed by atoms with E-state index in [0.717, 1.165) is 17.7 Å². The third-order valence-corrected chi connectivity index (χ3v) is 4.77. The third kappa shape index (κ3) is 17.3. The predicted octanol–water partition coefficient (Wildman–Crippen LogP) is 3.28. The lowest BCUT2D eigenvalue weighted by Crippen LogP contribution is -2.16. The van der Waals surface area contributed by atoms with Crippen LogP contribution in [-0.2, 0) is 33.3 Å². The van der Waals surface area contributed by atoms with Crippen LogP contribution in [0.25, 0.3) is 0 Å². The van der Waals surface area contributed by atoms with Crippen LogP contribution in [0.2, 0.25) is 0 Å². The first-order chi connectivity index (χ1) is 18.0. The Balaban J connectivity index is 2.00. The molecule has 0 heterocycles. The number of ether oxygens (including phenoxy) is 5. The van der Waals surface area contributed by atoms with Crippen molar-refractivity contribution in [2.75, 3.05) is 71.4 Å². The van der Waals surface area contributed by atoms with Crippen molar-refractivity contribution in [2.45, 2.75) is 39.5 Å². The zero-order valence-corrected chi connectivity index (χ0v) is 21.8. The molecule has 11 nitrogen and oxygen atoms in total. The van der Waals surface area contributed by atoms with Crippen LogP contribution in [0, 0.1) is 18.3 Å². The van der Waals surface area contributed by atoms with E-state index < -0.39 is 5.97 Å². The zero-order valence-electron chi connectivity index (χ0n) is 21.8. The summed E-state index contributed by atoms with van der Waals surface area (Å²) in [6, 6.07) is 7.52. The second-order valence-corrected chi connectivity index (χ2v) is 7.93. The number of rotatable bonds is 22. The number of aliphatic imine (C=N–C) groups is 1. The normalized spacial score (nSPS) is 11.3. The van der Waals surface area contributed by atoms with E-state index in [2.05, 4.69) is 16.4 Å². The predicted molar refractivity (Wildman–Crippen MR) is 138 cm³/mol. The van der Waals surface area contributed by atoms with E-state index in [0.29, 0.717) is 70.7 Å². The molecule has 0 aliphatic carbocycles. The molecule has 0 aliphatic heterocycles. The van der Waals surface area contributed by atoms with Gasteiger partial charge in [0, 0.05) is 5.69 Å². The van der Waals surface area contributed by atoms with Crippen LogP contribution in [0.5, 0.6) is 0 Å². The van der Waals surface area contributed by atoms with Gasteiger partial charge in [0.25, 0.3) is 0 Å². The molecule has 11 heteroatoms. The number of carbonyl (C=O) groups is 2. The van der Waals surface area contributed by atoms with Gasteiger partial charge in [-0.15, -0.1) is 0 Å². The Morgan fingerprint density at radius 2 is 1.38 bits per heavy atom. The molecule has 206 valence electrons. The zero-order chi connectivity index (χ0) is 27.1. The van der Waals surface area contributed by atoms with E-state index in [-0.39, 0.29) is 32.0 Å². The maximum atomic E-state index is 12.1. The summed E-state index contributed by atoms with van der Waals surface area (Å²) in [5.41, 5.74) is 2.78. The average Bonchev–Trinajstić information content (AvgIpc) is 2.86. The standard InChI is InChI=1S/C26H39N3O8/c1-3-4-23(20-27)28-24-6-5-22(19-21(24)2)29-25(30)7-9-33-11-13-35-15-17-37-18-16-36-14-12-34-10-8-26(31)32/h5-6,19H,3-4,7-18H2,1-2H3,(H,29,30)(H,31,32). The minimum atomic E-state index is -0.884. The molecule has 1 amide bonds. The first kappa shape index (κ1) is 32.1. The van der Waals surface area contributed by atoms with E-state index in [1.54, 1.807) is 12.1 Å². The summed E-state index contributed by atoms with van der Waals surface area (Å²) in [4.78, 5) is 26.9. The Bertz CT molecular complexity index is 870. The number of aliphatic carboxylic acids is 1. The number of carboxylic acids is 1. The van der Waals surface area contributed by atoms with E-state index in [4.69, 9.17) is 34.1 Å². The molecule has 0 saturated heterocycles. The van der Waals surface area contributed by atoms with Crippen molar-refractivity contribution >= 4 is 29.0 Å². The Morgan fingerprint density at radius 1 is 0.865 bits per heavy atom. The number of amides is 1. The summed E-state index contributed by atoms with van der Waals surface area (Å²) >= 11 is 0. The van der Waals surface area contributed by atoms with Crippen LogP contribution in [-0.4, -0.2) is 88.8 Å². The van der Waals surface area contributed by atoms with Gasteiger partial charge in [0.2, 0.25) is 5.91 Å². The summed E-state index contributed by atoms with van der Waals surface area (Å²) in [6.07, 6.45) is 1.71. The largest absolute Gasteiger partial charge is 0.481 e. The molecule has 0 aliphatic rings. The fourth-order valence-electron chi connectivity index (χ4n) is 2.91. The Labute approximate surface area is 218 Å². The van der Waals surface area contributed by atoms with E-state index in [1.807, 2.05) is 19.9 Å². The molecule has 0 atom stereocenters. The molecule has 1 rings (SSSR count). The highest BCUT2D eigenvalue weighted by Gasteiger charge is 2.06. The van der Waals surface area contributed by atoms with Crippen molar-refractivity contribution in [1.82, 2.24) is 0 Å². The first-order valence-corrected chi connectivity index (χ1v) is 12.4.